The van der Waals surface area contributed by atoms with Gasteiger partial charge in [-0.3, -0.25) is 14.6 Å². The molecule has 1 aliphatic rings. The molecule has 2 N–H and O–H groups in total. The molecular weight excluding hydrogens is 408 g/mol. The lowest BCUT2D eigenvalue weighted by Crippen LogP contribution is -2.37. The van der Waals surface area contributed by atoms with E-state index in [-0.39, 0.29) is 22.5 Å². The quantitative estimate of drug-likeness (QED) is 0.604. The first-order valence-electron chi connectivity index (χ1n) is 10.5. The zero-order chi connectivity index (χ0) is 22.1. The second-order valence-corrected chi connectivity index (χ2v) is 8.67. The molecule has 0 spiro atoms. The molecule has 1 fully saturated rings. The lowest BCUT2D eigenvalue weighted by Gasteiger charge is -2.15. The van der Waals surface area contributed by atoms with Gasteiger partial charge in [-0.25, -0.2) is 0 Å². The highest BCUT2D eigenvalue weighted by Crippen LogP contribution is 2.27. The van der Waals surface area contributed by atoms with Crippen LogP contribution in [0.25, 0.3) is 22.0 Å². The zero-order valence-electron chi connectivity index (χ0n) is 18.0. The molecule has 0 saturated heterocycles. The van der Waals surface area contributed by atoms with Gasteiger partial charge in [0.15, 0.2) is 5.11 Å². The van der Waals surface area contributed by atoms with E-state index >= 15 is 0 Å². The molecule has 7 heteroatoms. The molecule has 1 saturated carbocycles. The van der Waals surface area contributed by atoms with Crippen molar-refractivity contribution < 1.29 is 4.79 Å². The predicted molar refractivity (Wildman–Crippen MR) is 128 cm³/mol. The van der Waals surface area contributed by atoms with Crippen LogP contribution in [-0.4, -0.2) is 20.6 Å². The third kappa shape index (κ3) is 4.37. The van der Waals surface area contributed by atoms with Gasteiger partial charge in [0.1, 0.15) is 0 Å². The number of thiocarbonyl (C=S) groups is 1. The van der Waals surface area contributed by atoms with E-state index in [2.05, 4.69) is 15.6 Å². The molecule has 31 heavy (non-hydrogen) atoms. The first-order valence-corrected chi connectivity index (χ1v) is 10.9. The number of pyridine rings is 2. The van der Waals surface area contributed by atoms with Crippen molar-refractivity contribution in [2.45, 2.75) is 39.5 Å². The van der Waals surface area contributed by atoms with Crippen LogP contribution < -0.4 is 16.2 Å². The Balaban J connectivity index is 1.63. The van der Waals surface area contributed by atoms with Gasteiger partial charge in [0.05, 0.1) is 5.52 Å². The Bertz CT molecular complexity index is 1240. The molecule has 1 aliphatic carbocycles. The number of benzene rings is 1. The highest BCUT2D eigenvalue weighted by Gasteiger charge is 2.23. The molecule has 3 aromatic rings. The van der Waals surface area contributed by atoms with Crippen LogP contribution in [-0.2, 0) is 11.8 Å². The fourth-order valence-electron chi connectivity index (χ4n) is 4.21. The summed E-state index contributed by atoms with van der Waals surface area (Å²) in [4.78, 5) is 29.8. The van der Waals surface area contributed by atoms with Crippen molar-refractivity contribution in [3.8, 4) is 11.1 Å². The van der Waals surface area contributed by atoms with Gasteiger partial charge in [0, 0.05) is 41.5 Å². The summed E-state index contributed by atoms with van der Waals surface area (Å²) in [6, 6.07) is 9.53. The number of anilines is 1. The van der Waals surface area contributed by atoms with Gasteiger partial charge >= 0.3 is 0 Å². The van der Waals surface area contributed by atoms with Gasteiger partial charge in [0.25, 0.3) is 5.56 Å². The molecule has 2 aromatic heterocycles. The number of carbonyl (C=O) groups is 1. The van der Waals surface area contributed by atoms with Crippen LogP contribution in [0.4, 0.5) is 5.69 Å². The fourth-order valence-corrected chi connectivity index (χ4v) is 4.43. The molecule has 6 nitrogen and oxygen atoms in total. The van der Waals surface area contributed by atoms with Gasteiger partial charge in [-0.15, -0.1) is 0 Å². The van der Waals surface area contributed by atoms with E-state index in [1.165, 1.54) is 0 Å². The number of hydrogen-bond donors (Lipinski definition) is 2. The molecular formula is C24H26N4O2S. The van der Waals surface area contributed by atoms with Crippen molar-refractivity contribution in [1.82, 2.24) is 14.9 Å². The van der Waals surface area contributed by atoms with E-state index in [9.17, 15) is 9.59 Å². The first kappa shape index (κ1) is 21.2. The Hall–Kier alpha value is -3.06. The lowest BCUT2D eigenvalue weighted by molar-refractivity contribution is -0.123. The van der Waals surface area contributed by atoms with E-state index in [1.54, 1.807) is 17.8 Å². The summed E-state index contributed by atoms with van der Waals surface area (Å²) >= 11 is 5.35. The van der Waals surface area contributed by atoms with Gasteiger partial charge in [-0.2, -0.15) is 0 Å². The number of hydrogen-bond acceptors (Lipinski definition) is 4. The average molecular weight is 435 g/mol. The summed E-state index contributed by atoms with van der Waals surface area (Å²) < 4.78 is 1.66. The summed E-state index contributed by atoms with van der Waals surface area (Å²) in [7, 11) is 1.78. The monoisotopic (exact) mass is 434 g/mol. The van der Waals surface area contributed by atoms with Crippen molar-refractivity contribution in [2.24, 2.45) is 13.0 Å². The van der Waals surface area contributed by atoms with Crippen LogP contribution in [0.3, 0.4) is 0 Å². The Labute approximate surface area is 186 Å². The van der Waals surface area contributed by atoms with Crippen LogP contribution >= 0.6 is 12.2 Å². The molecule has 4 rings (SSSR count). The molecule has 1 amide bonds. The minimum Gasteiger partial charge on any atom is -0.332 e. The maximum absolute atomic E-state index is 13.1. The zero-order valence-corrected chi connectivity index (χ0v) is 18.8. The summed E-state index contributed by atoms with van der Waals surface area (Å²) in [5.74, 6) is 0.0275. The van der Waals surface area contributed by atoms with Crippen LogP contribution in [0.2, 0.25) is 0 Å². The number of rotatable bonds is 3. The Morgan fingerprint density at radius 1 is 1.13 bits per heavy atom. The molecule has 0 radical (unpaired) electrons. The van der Waals surface area contributed by atoms with Crippen LogP contribution in [0.1, 0.15) is 36.9 Å². The maximum atomic E-state index is 13.1. The Kier molecular flexibility index (Phi) is 5.87. The number of fused-ring (bicyclic) bond motifs is 1. The second kappa shape index (κ2) is 8.59. The van der Waals surface area contributed by atoms with Gasteiger partial charge < -0.3 is 15.2 Å². The number of amides is 1. The van der Waals surface area contributed by atoms with Crippen LogP contribution in [0.15, 0.2) is 41.3 Å². The second-order valence-electron chi connectivity index (χ2n) is 8.26. The Morgan fingerprint density at radius 3 is 2.61 bits per heavy atom. The summed E-state index contributed by atoms with van der Waals surface area (Å²) in [6.45, 7) is 3.88. The smallest absolute Gasteiger partial charge is 0.258 e. The molecule has 0 atom stereocenters. The number of aromatic nitrogens is 2. The molecule has 1 aromatic carbocycles. The SMILES string of the molecule is Cc1cc2c(cn1)cc(-c1cc(NC(=S)NC(=O)C3CCCC3)ccc1C)c(=O)n2C. The highest BCUT2D eigenvalue weighted by molar-refractivity contribution is 7.80. The van der Waals surface area contributed by atoms with Crippen molar-refractivity contribution >= 4 is 39.8 Å². The molecule has 0 aliphatic heterocycles. The van der Waals surface area contributed by atoms with Crippen LogP contribution in [0, 0.1) is 19.8 Å². The van der Waals surface area contributed by atoms with Crippen molar-refractivity contribution in [3.63, 3.8) is 0 Å². The molecule has 0 bridgehead atoms. The van der Waals surface area contributed by atoms with Gasteiger partial charge in [-0.1, -0.05) is 18.9 Å². The van der Waals surface area contributed by atoms with Crippen LogP contribution in [0.5, 0.6) is 0 Å². The molecule has 0 unspecified atom stereocenters. The normalized spacial score (nSPS) is 14.0. The maximum Gasteiger partial charge on any atom is 0.258 e. The van der Waals surface area contributed by atoms with Crippen molar-refractivity contribution in [2.75, 3.05) is 5.32 Å². The van der Waals surface area contributed by atoms with Crippen molar-refractivity contribution in [1.29, 1.82) is 0 Å². The largest absolute Gasteiger partial charge is 0.332 e. The van der Waals surface area contributed by atoms with E-state index in [0.29, 0.717) is 5.56 Å². The van der Waals surface area contributed by atoms with E-state index in [4.69, 9.17) is 12.2 Å². The number of aryl methyl sites for hydroxylation is 3. The van der Waals surface area contributed by atoms with E-state index in [1.807, 2.05) is 44.2 Å². The summed E-state index contributed by atoms with van der Waals surface area (Å²) in [6.07, 6.45) is 5.81. The van der Waals surface area contributed by atoms with E-state index < -0.39 is 0 Å². The topological polar surface area (TPSA) is 76.0 Å². The number of nitrogens with zero attached hydrogens (tertiary/aromatic N) is 2. The highest BCUT2D eigenvalue weighted by atomic mass is 32.1. The standard InChI is InChI=1S/C24H26N4O2S/c1-14-8-9-18(26-24(31)27-22(29)16-6-4-5-7-16)12-19(14)20-11-17-13-25-15(2)10-21(17)28(3)23(20)30/h8-13,16H,4-7H2,1-3H3,(H2,26,27,29,31). The van der Waals surface area contributed by atoms with E-state index in [0.717, 1.165) is 59.1 Å². The van der Waals surface area contributed by atoms with Gasteiger partial charge in [-0.05, 0) is 74.3 Å². The fraction of sp³-hybridized carbons (Fsp3) is 0.333. The molecule has 2 heterocycles. The summed E-state index contributed by atoms with van der Waals surface area (Å²) in [5.41, 5.74) is 4.76. The van der Waals surface area contributed by atoms with Gasteiger partial charge in [0.2, 0.25) is 5.91 Å². The predicted octanol–water partition coefficient (Wildman–Crippen LogP) is 4.22. The third-order valence-corrected chi connectivity index (χ3v) is 6.20. The summed E-state index contributed by atoms with van der Waals surface area (Å²) in [5, 5.41) is 7.07. The third-order valence-electron chi connectivity index (χ3n) is 5.99. The number of carbonyl (C=O) groups excluding carboxylic acids is 1. The Morgan fingerprint density at radius 2 is 1.87 bits per heavy atom. The molecule has 160 valence electrons. The minimum atomic E-state index is -0.0736. The minimum absolute atomic E-state index is 0.0199. The first-order chi connectivity index (χ1) is 14.8. The average Bonchev–Trinajstić information content (AvgIpc) is 3.28. The lowest BCUT2D eigenvalue weighted by atomic mass is 9.99. The van der Waals surface area contributed by atoms with Crippen molar-refractivity contribution in [3.05, 3.63) is 58.1 Å². The number of nitrogens with one attached hydrogen (secondary N) is 2.